The van der Waals surface area contributed by atoms with E-state index in [9.17, 15) is 14.9 Å². The van der Waals surface area contributed by atoms with Crippen LogP contribution in [0.25, 0.3) is 0 Å². The molecule has 0 amide bonds. The maximum atomic E-state index is 11.7. The first kappa shape index (κ1) is 15.5. The smallest absolute Gasteiger partial charge is 0.280 e. The van der Waals surface area contributed by atoms with E-state index >= 15 is 0 Å². The Morgan fingerprint density at radius 3 is 2.62 bits per heavy atom. The number of hydrogen-bond acceptors (Lipinski definition) is 4. The van der Waals surface area contributed by atoms with E-state index in [1.165, 1.54) is 19.4 Å². The predicted molar refractivity (Wildman–Crippen MR) is 82.9 cm³/mol. The van der Waals surface area contributed by atoms with Gasteiger partial charge in [0.05, 0.1) is 10.5 Å². The largest absolute Gasteiger partial charge is 0.371 e. The van der Waals surface area contributed by atoms with E-state index in [1.54, 1.807) is 12.1 Å². The number of nitro groups is 1. The number of ketones is 1. The Kier molecular flexibility index (Phi) is 4.30. The molecule has 5 nitrogen and oxygen atoms in total. The molecule has 0 bridgehead atoms. The molecule has 1 saturated heterocycles. The first-order valence-corrected chi connectivity index (χ1v) is 7.34. The van der Waals surface area contributed by atoms with Gasteiger partial charge in [0.25, 0.3) is 5.69 Å². The van der Waals surface area contributed by atoms with Gasteiger partial charge in [0, 0.05) is 24.8 Å². The minimum atomic E-state index is -0.494. The number of hydrogen-bond donors (Lipinski definition) is 0. The first-order valence-electron chi connectivity index (χ1n) is 7.34. The molecule has 1 aromatic carbocycles. The van der Waals surface area contributed by atoms with Gasteiger partial charge in [0.2, 0.25) is 0 Å². The van der Waals surface area contributed by atoms with Gasteiger partial charge in [-0.2, -0.15) is 0 Å². The Labute approximate surface area is 125 Å². The summed E-state index contributed by atoms with van der Waals surface area (Å²) in [4.78, 5) is 24.4. The number of rotatable bonds is 3. The van der Waals surface area contributed by atoms with Crippen LogP contribution in [0.1, 0.15) is 50.4 Å². The molecule has 114 valence electrons. The van der Waals surface area contributed by atoms with E-state index in [-0.39, 0.29) is 17.0 Å². The highest BCUT2D eigenvalue weighted by molar-refractivity contribution is 5.99. The minimum Gasteiger partial charge on any atom is -0.371 e. The molecule has 5 heteroatoms. The molecule has 1 aliphatic rings. The van der Waals surface area contributed by atoms with Gasteiger partial charge in [-0.1, -0.05) is 13.8 Å². The van der Waals surface area contributed by atoms with Crippen molar-refractivity contribution >= 4 is 17.2 Å². The third-order valence-electron chi connectivity index (χ3n) is 4.26. The average molecular weight is 290 g/mol. The summed E-state index contributed by atoms with van der Waals surface area (Å²) in [6.07, 6.45) is 3.36. The Morgan fingerprint density at radius 1 is 1.29 bits per heavy atom. The lowest BCUT2D eigenvalue weighted by molar-refractivity contribution is -0.385. The fraction of sp³-hybridized carbons (Fsp3) is 0.562. The number of nitrogens with zero attached hydrogens (tertiary/aromatic N) is 2. The molecule has 0 unspecified atom stereocenters. The third-order valence-corrected chi connectivity index (χ3v) is 4.26. The molecule has 1 aliphatic heterocycles. The van der Waals surface area contributed by atoms with Crippen LogP contribution in [0, 0.1) is 15.5 Å². The summed E-state index contributed by atoms with van der Waals surface area (Å²) in [6, 6.07) is 4.86. The lowest BCUT2D eigenvalue weighted by Crippen LogP contribution is -2.25. The van der Waals surface area contributed by atoms with Crippen molar-refractivity contribution in [1.29, 1.82) is 0 Å². The van der Waals surface area contributed by atoms with Crippen LogP contribution < -0.4 is 4.90 Å². The Balaban J connectivity index is 2.30. The number of benzene rings is 1. The summed E-state index contributed by atoms with van der Waals surface area (Å²) in [6.45, 7) is 7.76. The van der Waals surface area contributed by atoms with Crippen LogP contribution in [0.15, 0.2) is 18.2 Å². The molecule has 0 atom stereocenters. The molecule has 0 radical (unpaired) electrons. The Morgan fingerprint density at radius 2 is 2.00 bits per heavy atom. The Bertz CT molecular complexity index is 567. The van der Waals surface area contributed by atoms with E-state index in [0.29, 0.717) is 5.41 Å². The highest BCUT2D eigenvalue weighted by Gasteiger charge is 2.25. The summed E-state index contributed by atoms with van der Waals surface area (Å²) in [5, 5.41) is 11.0. The van der Waals surface area contributed by atoms with Gasteiger partial charge in [-0.3, -0.25) is 14.9 Å². The molecule has 0 spiro atoms. The van der Waals surface area contributed by atoms with Crippen LogP contribution in [0.4, 0.5) is 11.4 Å². The standard InChI is InChI=1S/C16H22N2O3/c1-12(19)14-11-13(5-6-15(14)18(20)21)17-9-4-7-16(2,3)8-10-17/h5-6,11H,4,7-10H2,1-3H3. The summed E-state index contributed by atoms with van der Waals surface area (Å²) in [5.74, 6) is -0.265. The molecule has 2 rings (SSSR count). The van der Waals surface area contributed by atoms with Gasteiger partial charge in [-0.15, -0.1) is 0 Å². The highest BCUT2D eigenvalue weighted by atomic mass is 16.6. The van der Waals surface area contributed by atoms with E-state index < -0.39 is 4.92 Å². The van der Waals surface area contributed by atoms with Crippen LogP contribution in [0.3, 0.4) is 0 Å². The van der Waals surface area contributed by atoms with Crippen LogP contribution in [-0.2, 0) is 0 Å². The number of carbonyl (C=O) groups is 1. The van der Waals surface area contributed by atoms with Crippen molar-refractivity contribution in [3.05, 3.63) is 33.9 Å². The molecular weight excluding hydrogens is 268 g/mol. The second kappa shape index (κ2) is 5.84. The van der Waals surface area contributed by atoms with Crippen molar-refractivity contribution in [3.63, 3.8) is 0 Å². The van der Waals surface area contributed by atoms with Crippen LogP contribution in [0.2, 0.25) is 0 Å². The monoisotopic (exact) mass is 290 g/mol. The zero-order valence-corrected chi connectivity index (χ0v) is 12.9. The lowest BCUT2D eigenvalue weighted by Gasteiger charge is -2.25. The maximum Gasteiger partial charge on any atom is 0.280 e. The normalized spacial score (nSPS) is 18.1. The van der Waals surface area contributed by atoms with E-state index in [4.69, 9.17) is 0 Å². The molecule has 0 saturated carbocycles. The molecule has 1 heterocycles. The third kappa shape index (κ3) is 3.60. The van der Waals surface area contributed by atoms with Crippen molar-refractivity contribution < 1.29 is 9.72 Å². The van der Waals surface area contributed by atoms with E-state index in [1.807, 2.05) is 0 Å². The summed E-state index contributed by atoms with van der Waals surface area (Å²) in [7, 11) is 0. The summed E-state index contributed by atoms with van der Waals surface area (Å²) in [5.41, 5.74) is 1.32. The van der Waals surface area contributed by atoms with Crippen LogP contribution in [0.5, 0.6) is 0 Å². The fourth-order valence-electron chi connectivity index (χ4n) is 2.84. The average Bonchev–Trinajstić information content (AvgIpc) is 2.59. The quantitative estimate of drug-likeness (QED) is 0.482. The SMILES string of the molecule is CC(=O)c1cc(N2CCCC(C)(C)CC2)ccc1[N+](=O)[O-]. The maximum absolute atomic E-state index is 11.7. The number of carbonyl (C=O) groups excluding carboxylic acids is 1. The van der Waals surface area contributed by atoms with Gasteiger partial charge in [0.1, 0.15) is 0 Å². The second-order valence-electron chi connectivity index (χ2n) is 6.52. The molecular formula is C16H22N2O3. The van der Waals surface area contributed by atoms with Gasteiger partial charge in [-0.25, -0.2) is 0 Å². The molecule has 21 heavy (non-hydrogen) atoms. The zero-order chi connectivity index (χ0) is 15.6. The van der Waals surface area contributed by atoms with Gasteiger partial charge >= 0.3 is 0 Å². The van der Waals surface area contributed by atoms with Crippen molar-refractivity contribution in [3.8, 4) is 0 Å². The number of nitro benzene ring substituents is 1. The summed E-state index contributed by atoms with van der Waals surface area (Å²) < 4.78 is 0. The fourth-order valence-corrected chi connectivity index (χ4v) is 2.84. The van der Waals surface area contributed by atoms with Gasteiger partial charge in [0.15, 0.2) is 5.78 Å². The second-order valence-corrected chi connectivity index (χ2v) is 6.52. The number of anilines is 1. The number of Topliss-reactive ketones (excluding diaryl/α,β-unsaturated/α-hetero) is 1. The molecule has 1 fully saturated rings. The first-order chi connectivity index (χ1) is 9.80. The van der Waals surface area contributed by atoms with E-state index in [2.05, 4.69) is 18.7 Å². The van der Waals surface area contributed by atoms with Crippen molar-refractivity contribution in [2.24, 2.45) is 5.41 Å². The minimum absolute atomic E-state index is 0.110. The van der Waals surface area contributed by atoms with Gasteiger partial charge in [-0.05, 0) is 43.7 Å². The van der Waals surface area contributed by atoms with E-state index in [0.717, 1.165) is 31.6 Å². The van der Waals surface area contributed by atoms with Crippen molar-refractivity contribution in [2.45, 2.75) is 40.0 Å². The molecule has 1 aromatic rings. The highest BCUT2D eigenvalue weighted by Crippen LogP contribution is 2.33. The zero-order valence-electron chi connectivity index (χ0n) is 12.9. The molecule has 0 N–H and O–H groups in total. The summed E-state index contributed by atoms with van der Waals surface area (Å²) >= 11 is 0. The van der Waals surface area contributed by atoms with Crippen LogP contribution >= 0.6 is 0 Å². The topological polar surface area (TPSA) is 63.5 Å². The predicted octanol–water partition coefficient (Wildman–Crippen LogP) is 3.81. The van der Waals surface area contributed by atoms with Crippen molar-refractivity contribution in [2.75, 3.05) is 18.0 Å². The lowest BCUT2D eigenvalue weighted by atomic mass is 9.85. The molecule has 0 aliphatic carbocycles. The van der Waals surface area contributed by atoms with Gasteiger partial charge < -0.3 is 4.90 Å². The Hall–Kier alpha value is -1.91. The van der Waals surface area contributed by atoms with Crippen molar-refractivity contribution in [1.82, 2.24) is 0 Å². The van der Waals surface area contributed by atoms with Crippen LogP contribution in [-0.4, -0.2) is 23.8 Å². The molecule has 0 aromatic heterocycles.